The van der Waals surface area contributed by atoms with Crippen LogP contribution in [-0.2, 0) is 17.9 Å². The number of rotatable bonds is 9. The molecule has 2 heterocycles. The van der Waals surface area contributed by atoms with Gasteiger partial charge in [-0.05, 0) is 56.2 Å². The van der Waals surface area contributed by atoms with Crippen LogP contribution in [0.25, 0.3) is 5.69 Å². The fraction of sp³-hybridized carbons (Fsp3) is 0.286. The second kappa shape index (κ2) is 10.1. The molecule has 2 aromatic heterocycles. The summed E-state index contributed by atoms with van der Waals surface area (Å²) >= 11 is 0. The largest absolute Gasteiger partial charge is 0.493 e. The van der Waals surface area contributed by atoms with Gasteiger partial charge in [-0.25, -0.2) is 4.68 Å². The molecule has 0 saturated heterocycles. The first-order valence-electron chi connectivity index (χ1n) is 11.9. The third-order valence-electron chi connectivity index (χ3n) is 6.46. The zero-order chi connectivity index (χ0) is 24.2. The van der Waals surface area contributed by atoms with E-state index in [1.165, 1.54) is 0 Å². The number of nitrogens with zero attached hydrogens (tertiary/aromatic N) is 3. The number of ether oxygens (including phenoxy) is 2. The highest BCUT2D eigenvalue weighted by Crippen LogP contribution is 2.37. The topological polar surface area (TPSA) is 69.7 Å². The van der Waals surface area contributed by atoms with E-state index < -0.39 is 0 Å². The van der Waals surface area contributed by atoms with E-state index in [1.807, 2.05) is 78.6 Å². The summed E-state index contributed by atoms with van der Waals surface area (Å²) in [5, 5.41) is 4.81. The van der Waals surface area contributed by atoms with Crippen molar-refractivity contribution < 1.29 is 18.7 Å². The quantitative estimate of drug-likeness (QED) is 0.304. The average Bonchev–Trinajstić information content (AvgIpc) is 3.47. The van der Waals surface area contributed by atoms with E-state index >= 15 is 0 Å². The van der Waals surface area contributed by atoms with Crippen molar-refractivity contribution >= 4 is 5.91 Å². The highest BCUT2D eigenvalue weighted by molar-refractivity contribution is 5.79. The molecule has 0 bridgehead atoms. The summed E-state index contributed by atoms with van der Waals surface area (Å²) in [6, 6.07) is 21.1. The molecule has 0 atom stereocenters. The molecular weight excluding hydrogens is 442 g/mol. The van der Waals surface area contributed by atoms with Gasteiger partial charge in [0, 0.05) is 5.92 Å². The van der Waals surface area contributed by atoms with Crippen LogP contribution in [0.4, 0.5) is 0 Å². The molecule has 0 N–H and O–H groups in total. The maximum absolute atomic E-state index is 13.4. The van der Waals surface area contributed by atoms with Gasteiger partial charge in [0.2, 0.25) is 11.8 Å². The maximum Gasteiger partial charge on any atom is 0.228 e. The fourth-order valence-electron chi connectivity index (χ4n) is 4.28. The summed E-state index contributed by atoms with van der Waals surface area (Å²) in [5.74, 6) is 2.71. The minimum absolute atomic E-state index is 0.0630. The first-order valence-corrected chi connectivity index (χ1v) is 11.9. The summed E-state index contributed by atoms with van der Waals surface area (Å²) in [4.78, 5) is 15.3. The maximum atomic E-state index is 13.4. The standard InChI is InChI=1S/C28H29N3O4/c1-20-24(19-30(18-23-14-9-17-34-23)27(32)21-10-8-11-21)28(31(29-20)22-12-4-3-5-13-22)35-26-16-7-6-15-25(26)33-2/h3-7,9,12-17,21H,8,10-11,18-19H2,1-2H3. The first kappa shape index (κ1) is 22.8. The molecule has 1 fully saturated rings. The van der Waals surface area contributed by atoms with Crippen LogP contribution in [0.2, 0.25) is 0 Å². The van der Waals surface area contributed by atoms with Gasteiger partial charge in [-0.1, -0.05) is 36.8 Å². The van der Waals surface area contributed by atoms with E-state index in [-0.39, 0.29) is 11.8 Å². The molecule has 7 nitrogen and oxygen atoms in total. The Bertz CT molecular complexity index is 1280. The van der Waals surface area contributed by atoms with Crippen LogP contribution in [0, 0.1) is 12.8 Å². The second-order valence-corrected chi connectivity index (χ2v) is 8.77. The van der Waals surface area contributed by atoms with E-state index in [0.29, 0.717) is 30.5 Å². The minimum Gasteiger partial charge on any atom is -0.493 e. The lowest BCUT2D eigenvalue weighted by atomic mass is 9.84. The highest BCUT2D eigenvalue weighted by atomic mass is 16.5. The molecule has 1 saturated carbocycles. The number of aromatic nitrogens is 2. The van der Waals surface area contributed by atoms with Crippen molar-refractivity contribution in [3.05, 3.63) is 90.0 Å². The Kier molecular flexibility index (Phi) is 6.57. The van der Waals surface area contributed by atoms with Crippen molar-refractivity contribution in [1.82, 2.24) is 14.7 Å². The Morgan fingerprint density at radius 3 is 2.43 bits per heavy atom. The first-order chi connectivity index (χ1) is 17.1. The van der Waals surface area contributed by atoms with Crippen molar-refractivity contribution in [2.75, 3.05) is 7.11 Å². The summed E-state index contributed by atoms with van der Waals surface area (Å²) in [6.45, 7) is 2.70. The van der Waals surface area contributed by atoms with Gasteiger partial charge < -0.3 is 18.8 Å². The van der Waals surface area contributed by atoms with E-state index in [1.54, 1.807) is 18.1 Å². The predicted octanol–water partition coefficient (Wildman–Crippen LogP) is 5.90. The van der Waals surface area contributed by atoms with E-state index in [0.717, 1.165) is 42.0 Å². The zero-order valence-electron chi connectivity index (χ0n) is 20.0. The number of carbonyl (C=O) groups excluding carboxylic acids is 1. The number of carbonyl (C=O) groups is 1. The van der Waals surface area contributed by atoms with Crippen LogP contribution in [0.15, 0.2) is 77.4 Å². The van der Waals surface area contributed by atoms with E-state index in [2.05, 4.69) is 0 Å². The van der Waals surface area contributed by atoms with Crippen LogP contribution in [0.1, 0.15) is 36.3 Å². The Hall–Kier alpha value is -4.00. The third kappa shape index (κ3) is 4.80. The molecule has 0 spiro atoms. The van der Waals surface area contributed by atoms with Gasteiger partial charge in [-0.15, -0.1) is 0 Å². The summed E-state index contributed by atoms with van der Waals surface area (Å²) in [7, 11) is 1.62. The number of furan rings is 1. The van der Waals surface area contributed by atoms with Gasteiger partial charge in [-0.3, -0.25) is 4.79 Å². The lowest BCUT2D eigenvalue weighted by Crippen LogP contribution is -2.38. The van der Waals surface area contributed by atoms with Crippen LogP contribution in [-0.4, -0.2) is 27.7 Å². The fourth-order valence-corrected chi connectivity index (χ4v) is 4.28. The lowest BCUT2D eigenvalue weighted by molar-refractivity contribution is -0.139. The number of hydrogen-bond acceptors (Lipinski definition) is 5. The van der Waals surface area contributed by atoms with Gasteiger partial charge in [-0.2, -0.15) is 5.10 Å². The molecule has 2 aromatic carbocycles. The summed E-state index contributed by atoms with van der Waals surface area (Å²) in [6.07, 6.45) is 4.59. The highest BCUT2D eigenvalue weighted by Gasteiger charge is 2.32. The van der Waals surface area contributed by atoms with E-state index in [4.69, 9.17) is 19.0 Å². The molecule has 0 aliphatic heterocycles. The molecule has 1 aliphatic carbocycles. The van der Waals surface area contributed by atoms with Gasteiger partial charge in [0.15, 0.2) is 11.5 Å². The molecule has 7 heteroatoms. The van der Waals surface area contributed by atoms with E-state index in [9.17, 15) is 4.79 Å². The Balaban J connectivity index is 1.56. The average molecular weight is 472 g/mol. The molecule has 0 radical (unpaired) electrons. The molecule has 1 amide bonds. The summed E-state index contributed by atoms with van der Waals surface area (Å²) in [5.41, 5.74) is 2.51. The van der Waals surface area contributed by atoms with Crippen molar-refractivity contribution in [1.29, 1.82) is 0 Å². The van der Waals surface area contributed by atoms with Crippen molar-refractivity contribution in [3.63, 3.8) is 0 Å². The number of aryl methyl sites for hydroxylation is 1. The number of benzene rings is 2. The van der Waals surface area contributed by atoms with Gasteiger partial charge >= 0.3 is 0 Å². The van der Waals surface area contributed by atoms with Crippen molar-refractivity contribution in [3.8, 4) is 23.1 Å². The third-order valence-corrected chi connectivity index (χ3v) is 6.46. The number of hydrogen-bond donors (Lipinski definition) is 0. The van der Waals surface area contributed by atoms with Crippen LogP contribution in [0.3, 0.4) is 0 Å². The predicted molar refractivity (Wildman–Crippen MR) is 132 cm³/mol. The van der Waals surface area contributed by atoms with Crippen molar-refractivity contribution in [2.45, 2.75) is 39.3 Å². The Morgan fingerprint density at radius 2 is 1.77 bits per heavy atom. The number of amides is 1. The Morgan fingerprint density at radius 1 is 1.03 bits per heavy atom. The monoisotopic (exact) mass is 471 g/mol. The molecule has 35 heavy (non-hydrogen) atoms. The summed E-state index contributed by atoms with van der Waals surface area (Å²) < 4.78 is 19.4. The molecule has 1 aliphatic rings. The Labute approximate surface area is 204 Å². The van der Waals surface area contributed by atoms with Gasteiger partial charge in [0.25, 0.3) is 0 Å². The molecular formula is C28H29N3O4. The van der Waals surface area contributed by atoms with Gasteiger partial charge in [0.1, 0.15) is 5.76 Å². The van der Waals surface area contributed by atoms with Crippen LogP contribution < -0.4 is 9.47 Å². The second-order valence-electron chi connectivity index (χ2n) is 8.77. The normalized spacial score (nSPS) is 13.3. The van der Waals surface area contributed by atoms with Crippen LogP contribution >= 0.6 is 0 Å². The number of para-hydroxylation sites is 3. The zero-order valence-corrected chi connectivity index (χ0v) is 20.0. The minimum atomic E-state index is 0.0630. The SMILES string of the molecule is COc1ccccc1Oc1c(CN(Cc2ccco2)C(=O)C2CCC2)c(C)nn1-c1ccccc1. The molecule has 180 valence electrons. The molecule has 4 aromatic rings. The lowest BCUT2D eigenvalue weighted by Gasteiger charge is -2.31. The van der Waals surface area contributed by atoms with Crippen molar-refractivity contribution in [2.24, 2.45) is 5.92 Å². The molecule has 5 rings (SSSR count). The number of methoxy groups -OCH3 is 1. The molecule has 0 unspecified atom stereocenters. The van der Waals surface area contributed by atoms with Gasteiger partial charge in [0.05, 0.1) is 43.4 Å². The van der Waals surface area contributed by atoms with Crippen LogP contribution in [0.5, 0.6) is 17.4 Å². The smallest absolute Gasteiger partial charge is 0.228 e.